The van der Waals surface area contributed by atoms with Gasteiger partial charge in [-0.15, -0.1) is 0 Å². The summed E-state index contributed by atoms with van der Waals surface area (Å²) in [4.78, 5) is 24.0. The highest BCUT2D eigenvalue weighted by Gasteiger charge is 2.15. The van der Waals surface area contributed by atoms with E-state index < -0.39 is 17.6 Å². The number of nitrogens with one attached hydrogen (secondary N) is 1. The Kier molecular flexibility index (Phi) is 5.90. The molecular weight excluding hydrogens is 375 g/mol. The first kappa shape index (κ1) is 20.0. The first-order valence-corrected chi connectivity index (χ1v) is 8.72. The molecule has 0 saturated heterocycles. The van der Waals surface area contributed by atoms with Gasteiger partial charge in [-0.1, -0.05) is 24.3 Å². The Morgan fingerprint density at radius 1 is 1.07 bits per heavy atom. The van der Waals surface area contributed by atoms with Crippen molar-refractivity contribution < 1.29 is 23.8 Å². The monoisotopic (exact) mass is 394 g/mol. The molecule has 0 aliphatic carbocycles. The van der Waals surface area contributed by atoms with Gasteiger partial charge in [-0.2, -0.15) is 0 Å². The van der Waals surface area contributed by atoms with E-state index in [9.17, 15) is 19.1 Å². The topological polar surface area (TPSA) is 102 Å². The number of hydrogen-bond donors (Lipinski definition) is 3. The summed E-state index contributed by atoms with van der Waals surface area (Å²) in [5, 5.41) is 12.4. The first-order valence-electron chi connectivity index (χ1n) is 8.72. The van der Waals surface area contributed by atoms with Gasteiger partial charge in [0, 0.05) is 22.9 Å². The predicted octanol–water partition coefficient (Wildman–Crippen LogP) is 3.34. The average molecular weight is 394 g/mol. The normalized spacial score (nSPS) is 10.4. The third kappa shape index (κ3) is 4.25. The lowest BCUT2D eigenvalue weighted by molar-refractivity contribution is 0.0995. The Hall–Kier alpha value is -3.71. The van der Waals surface area contributed by atoms with Crippen LogP contribution in [0.3, 0.4) is 0 Å². The Balaban J connectivity index is 1.89. The molecule has 0 spiro atoms. The minimum absolute atomic E-state index is 0.197. The molecule has 0 unspecified atom stereocenters. The summed E-state index contributed by atoms with van der Waals surface area (Å²) in [6, 6.07) is 15.3. The maximum Gasteiger partial charge on any atom is 0.255 e. The molecule has 0 bridgehead atoms. The number of methoxy groups -OCH3 is 1. The van der Waals surface area contributed by atoms with Crippen LogP contribution in [0.5, 0.6) is 5.75 Å². The van der Waals surface area contributed by atoms with Crippen LogP contribution in [0.25, 0.3) is 11.1 Å². The number of rotatable bonds is 6. The molecule has 4 N–H and O–H groups in total. The average Bonchev–Trinajstić information content (AvgIpc) is 2.73. The molecule has 0 aliphatic rings. The number of aliphatic hydroxyl groups excluding tert-OH is 1. The van der Waals surface area contributed by atoms with Gasteiger partial charge in [0.25, 0.3) is 11.8 Å². The number of aliphatic hydroxyl groups is 1. The molecule has 0 saturated carbocycles. The Morgan fingerprint density at radius 3 is 2.48 bits per heavy atom. The van der Waals surface area contributed by atoms with Crippen LogP contribution < -0.4 is 15.8 Å². The van der Waals surface area contributed by atoms with Crippen LogP contribution in [-0.4, -0.2) is 24.0 Å². The molecule has 3 aromatic carbocycles. The van der Waals surface area contributed by atoms with Gasteiger partial charge in [0.15, 0.2) is 0 Å². The predicted molar refractivity (Wildman–Crippen MR) is 107 cm³/mol. The number of anilines is 1. The molecule has 0 aromatic heterocycles. The van der Waals surface area contributed by atoms with Crippen molar-refractivity contribution in [1.82, 2.24) is 0 Å². The molecule has 29 heavy (non-hydrogen) atoms. The highest BCUT2D eigenvalue weighted by molar-refractivity contribution is 6.05. The second kappa shape index (κ2) is 8.53. The SMILES string of the molecule is COc1cc(NC(=O)c2ccc(-c3ccccc3F)c(CO)c2)ccc1C(N)=O. The van der Waals surface area contributed by atoms with E-state index in [-0.39, 0.29) is 23.5 Å². The number of ether oxygens (including phenoxy) is 1. The van der Waals surface area contributed by atoms with Gasteiger partial charge in [-0.05, 0) is 41.5 Å². The number of halogens is 1. The molecule has 0 radical (unpaired) electrons. The van der Waals surface area contributed by atoms with E-state index in [4.69, 9.17) is 10.5 Å². The van der Waals surface area contributed by atoms with Crippen LogP contribution in [0.4, 0.5) is 10.1 Å². The number of nitrogens with two attached hydrogens (primary N) is 1. The third-order valence-electron chi connectivity index (χ3n) is 4.43. The lowest BCUT2D eigenvalue weighted by Gasteiger charge is -2.12. The van der Waals surface area contributed by atoms with Crippen LogP contribution in [0, 0.1) is 5.82 Å². The summed E-state index contributed by atoms with van der Waals surface area (Å²) in [5.41, 5.74) is 7.44. The summed E-state index contributed by atoms with van der Waals surface area (Å²) < 4.78 is 19.2. The summed E-state index contributed by atoms with van der Waals surface area (Å²) in [7, 11) is 1.39. The van der Waals surface area contributed by atoms with Crippen molar-refractivity contribution in [3.8, 4) is 16.9 Å². The fourth-order valence-electron chi connectivity index (χ4n) is 2.98. The van der Waals surface area contributed by atoms with Gasteiger partial charge in [0.05, 0.1) is 19.3 Å². The number of carbonyl (C=O) groups excluding carboxylic acids is 2. The quantitative estimate of drug-likeness (QED) is 0.597. The Labute approximate surface area is 166 Å². The highest BCUT2D eigenvalue weighted by Crippen LogP contribution is 2.28. The second-order valence-electron chi connectivity index (χ2n) is 6.24. The maximum absolute atomic E-state index is 14.1. The van der Waals surface area contributed by atoms with E-state index in [0.717, 1.165) is 0 Å². The van der Waals surface area contributed by atoms with Crippen molar-refractivity contribution >= 4 is 17.5 Å². The van der Waals surface area contributed by atoms with Crippen molar-refractivity contribution in [3.05, 3.63) is 83.2 Å². The van der Waals surface area contributed by atoms with Gasteiger partial charge in [-0.25, -0.2) is 4.39 Å². The van der Waals surface area contributed by atoms with Crippen molar-refractivity contribution in [3.63, 3.8) is 0 Å². The molecule has 0 atom stereocenters. The van der Waals surface area contributed by atoms with Crippen LogP contribution in [0.15, 0.2) is 60.7 Å². The summed E-state index contributed by atoms with van der Waals surface area (Å²) in [5.74, 6) is -1.26. The smallest absolute Gasteiger partial charge is 0.255 e. The number of amides is 2. The molecule has 3 rings (SSSR count). The van der Waals surface area contributed by atoms with Gasteiger partial charge < -0.3 is 20.9 Å². The molecule has 3 aromatic rings. The molecule has 7 heteroatoms. The van der Waals surface area contributed by atoms with E-state index in [1.54, 1.807) is 30.3 Å². The molecule has 0 fully saturated rings. The molecule has 6 nitrogen and oxygen atoms in total. The van der Waals surface area contributed by atoms with Crippen LogP contribution in [0.2, 0.25) is 0 Å². The van der Waals surface area contributed by atoms with Gasteiger partial charge in [0.1, 0.15) is 11.6 Å². The van der Waals surface area contributed by atoms with Crippen LogP contribution >= 0.6 is 0 Å². The van der Waals surface area contributed by atoms with Crippen molar-refractivity contribution in [2.45, 2.75) is 6.61 Å². The Morgan fingerprint density at radius 2 is 1.83 bits per heavy atom. The van der Waals surface area contributed by atoms with Crippen molar-refractivity contribution in [2.24, 2.45) is 5.73 Å². The summed E-state index contributed by atoms with van der Waals surface area (Å²) >= 11 is 0. The van der Waals surface area contributed by atoms with E-state index in [1.807, 2.05) is 0 Å². The first-order chi connectivity index (χ1) is 13.9. The zero-order valence-electron chi connectivity index (χ0n) is 15.6. The van der Waals surface area contributed by atoms with Crippen molar-refractivity contribution in [2.75, 3.05) is 12.4 Å². The van der Waals surface area contributed by atoms with Crippen LogP contribution in [0.1, 0.15) is 26.3 Å². The zero-order chi connectivity index (χ0) is 21.0. The van der Waals surface area contributed by atoms with E-state index in [2.05, 4.69) is 5.32 Å². The molecule has 148 valence electrons. The van der Waals surface area contributed by atoms with Gasteiger partial charge >= 0.3 is 0 Å². The second-order valence-corrected chi connectivity index (χ2v) is 6.24. The summed E-state index contributed by atoms with van der Waals surface area (Å²) in [6.07, 6.45) is 0. The minimum Gasteiger partial charge on any atom is -0.496 e. The van der Waals surface area contributed by atoms with E-state index in [0.29, 0.717) is 22.4 Å². The zero-order valence-corrected chi connectivity index (χ0v) is 15.6. The lowest BCUT2D eigenvalue weighted by Crippen LogP contribution is -2.15. The lowest BCUT2D eigenvalue weighted by atomic mass is 9.97. The van der Waals surface area contributed by atoms with E-state index >= 15 is 0 Å². The Bertz CT molecular complexity index is 1080. The fraction of sp³-hybridized carbons (Fsp3) is 0.0909. The van der Waals surface area contributed by atoms with Gasteiger partial charge in [-0.3, -0.25) is 9.59 Å². The number of primary amides is 1. The fourth-order valence-corrected chi connectivity index (χ4v) is 2.98. The maximum atomic E-state index is 14.1. The van der Waals surface area contributed by atoms with Gasteiger partial charge in [0.2, 0.25) is 0 Å². The number of hydrogen-bond acceptors (Lipinski definition) is 4. The molecule has 2 amide bonds. The largest absolute Gasteiger partial charge is 0.496 e. The number of benzene rings is 3. The summed E-state index contributed by atoms with van der Waals surface area (Å²) in [6.45, 7) is -0.355. The molecule has 0 aliphatic heterocycles. The minimum atomic E-state index is -0.643. The highest BCUT2D eigenvalue weighted by atomic mass is 19.1. The third-order valence-corrected chi connectivity index (χ3v) is 4.43. The van der Waals surface area contributed by atoms with Crippen molar-refractivity contribution in [1.29, 1.82) is 0 Å². The standard InChI is InChI=1S/C22H19FN2O4/c1-29-20-11-15(7-9-18(20)21(24)27)25-22(28)13-6-8-16(14(10-13)12-26)17-4-2-3-5-19(17)23/h2-11,26H,12H2,1H3,(H2,24,27)(H,25,28). The van der Waals surface area contributed by atoms with E-state index in [1.165, 1.54) is 37.4 Å². The number of carbonyl (C=O) groups is 2. The van der Waals surface area contributed by atoms with Crippen LogP contribution in [-0.2, 0) is 6.61 Å². The molecular formula is C22H19FN2O4. The molecule has 0 heterocycles.